The molecule has 0 aromatic carbocycles. The van der Waals surface area contributed by atoms with Crippen molar-refractivity contribution in [2.45, 2.75) is 32.8 Å². The molecule has 0 fully saturated rings. The van der Waals surface area contributed by atoms with E-state index in [4.69, 9.17) is 21.4 Å². The summed E-state index contributed by atoms with van der Waals surface area (Å²) in [5.41, 5.74) is 0.0346. The maximum Gasteiger partial charge on any atom is 0.341 e. The molecule has 1 aromatic rings. The van der Waals surface area contributed by atoms with E-state index in [1.807, 2.05) is 13.8 Å². The van der Waals surface area contributed by atoms with Crippen molar-refractivity contribution in [1.29, 1.82) is 0 Å². The monoisotopic (exact) mass is 243 g/mol. The van der Waals surface area contributed by atoms with Gasteiger partial charge >= 0.3 is 5.97 Å². The first-order valence-electron chi connectivity index (χ1n) is 5.11. The molecular formula is C11H14ClNO3. The molecule has 0 spiro atoms. The van der Waals surface area contributed by atoms with E-state index >= 15 is 0 Å². The molecule has 0 aliphatic heterocycles. The van der Waals surface area contributed by atoms with Crippen LogP contribution < -0.4 is 4.74 Å². The fourth-order valence-electron chi connectivity index (χ4n) is 1.33. The summed E-state index contributed by atoms with van der Waals surface area (Å²) < 4.78 is 5.45. The van der Waals surface area contributed by atoms with Gasteiger partial charge in [-0.1, -0.05) is 24.9 Å². The van der Waals surface area contributed by atoms with Crippen molar-refractivity contribution < 1.29 is 14.6 Å². The van der Waals surface area contributed by atoms with Crippen LogP contribution in [-0.2, 0) is 0 Å². The molecule has 1 N–H and O–H groups in total. The summed E-state index contributed by atoms with van der Waals surface area (Å²) in [6.07, 6.45) is 1.73. The van der Waals surface area contributed by atoms with E-state index in [-0.39, 0.29) is 22.7 Å². The number of hydrogen-bond donors (Lipinski definition) is 1. The third-order valence-electron chi connectivity index (χ3n) is 2.06. The zero-order valence-corrected chi connectivity index (χ0v) is 9.99. The molecule has 1 atom stereocenters. The van der Waals surface area contributed by atoms with Crippen LogP contribution in [0.5, 0.6) is 5.88 Å². The highest BCUT2D eigenvalue weighted by atomic mass is 35.5. The number of hydrogen-bond acceptors (Lipinski definition) is 3. The van der Waals surface area contributed by atoms with Crippen molar-refractivity contribution in [1.82, 2.24) is 4.98 Å². The number of carbonyl (C=O) groups is 1. The molecule has 0 bridgehead atoms. The Morgan fingerprint density at radius 3 is 2.88 bits per heavy atom. The van der Waals surface area contributed by atoms with E-state index in [2.05, 4.69) is 4.98 Å². The fraction of sp³-hybridized carbons (Fsp3) is 0.455. The molecule has 1 heterocycles. The normalized spacial score (nSPS) is 12.2. The summed E-state index contributed by atoms with van der Waals surface area (Å²) in [5, 5.41) is 9.16. The number of pyridine rings is 1. The third-order valence-corrected chi connectivity index (χ3v) is 2.28. The summed E-state index contributed by atoms with van der Waals surface area (Å²) in [4.78, 5) is 14.8. The Morgan fingerprint density at radius 2 is 2.31 bits per heavy atom. The van der Waals surface area contributed by atoms with Crippen molar-refractivity contribution in [3.63, 3.8) is 0 Å². The van der Waals surface area contributed by atoms with Gasteiger partial charge in [0.15, 0.2) is 0 Å². The predicted molar refractivity (Wildman–Crippen MR) is 61.2 cm³/mol. The maximum atomic E-state index is 10.9. The minimum absolute atomic E-state index is 0.0346. The number of nitrogens with zero attached hydrogens (tertiary/aromatic N) is 1. The van der Waals surface area contributed by atoms with Crippen molar-refractivity contribution in [3.05, 3.63) is 22.8 Å². The number of rotatable bonds is 5. The van der Waals surface area contributed by atoms with Crippen molar-refractivity contribution in [2.24, 2.45) is 0 Å². The SMILES string of the molecule is CCCC(C)Oc1nc(Cl)ccc1C(=O)O. The van der Waals surface area contributed by atoms with Crippen LogP contribution in [0, 0.1) is 0 Å². The van der Waals surface area contributed by atoms with Gasteiger partial charge in [0.05, 0.1) is 6.10 Å². The zero-order chi connectivity index (χ0) is 12.1. The second-order valence-corrected chi connectivity index (χ2v) is 3.90. The van der Waals surface area contributed by atoms with Gasteiger partial charge in [-0.05, 0) is 25.5 Å². The second-order valence-electron chi connectivity index (χ2n) is 3.51. The summed E-state index contributed by atoms with van der Waals surface area (Å²) in [6.45, 7) is 3.90. The van der Waals surface area contributed by atoms with E-state index in [0.29, 0.717) is 0 Å². The molecule has 1 aromatic heterocycles. The first-order chi connectivity index (χ1) is 7.54. The molecule has 5 heteroatoms. The van der Waals surface area contributed by atoms with Gasteiger partial charge in [-0.25, -0.2) is 9.78 Å². The summed E-state index contributed by atoms with van der Waals surface area (Å²) in [5.74, 6) is -0.983. The van der Waals surface area contributed by atoms with Crippen LogP contribution in [0.15, 0.2) is 12.1 Å². The Labute approximate surface area is 99.2 Å². The first kappa shape index (κ1) is 12.8. The van der Waals surface area contributed by atoms with Gasteiger partial charge < -0.3 is 9.84 Å². The third kappa shape index (κ3) is 3.38. The fourth-order valence-corrected chi connectivity index (χ4v) is 1.47. The number of aromatic carboxylic acids is 1. The number of carboxylic acids is 1. The van der Waals surface area contributed by atoms with E-state index in [9.17, 15) is 4.79 Å². The average molecular weight is 244 g/mol. The number of aromatic nitrogens is 1. The standard InChI is InChI=1S/C11H14ClNO3/c1-3-4-7(2)16-10-8(11(14)15)5-6-9(12)13-10/h5-7H,3-4H2,1-2H3,(H,14,15). The Morgan fingerprint density at radius 1 is 1.62 bits per heavy atom. The molecule has 1 rings (SSSR count). The lowest BCUT2D eigenvalue weighted by Crippen LogP contribution is -2.14. The number of ether oxygens (including phenoxy) is 1. The summed E-state index contributed by atoms with van der Waals surface area (Å²) >= 11 is 5.70. The molecule has 0 amide bonds. The molecular weight excluding hydrogens is 230 g/mol. The van der Waals surface area contributed by atoms with Crippen molar-refractivity contribution >= 4 is 17.6 Å². The van der Waals surface area contributed by atoms with Crippen LogP contribution in [0.25, 0.3) is 0 Å². The maximum absolute atomic E-state index is 10.9. The Hall–Kier alpha value is -1.29. The molecule has 0 aliphatic carbocycles. The van der Waals surface area contributed by atoms with Crippen LogP contribution in [0.4, 0.5) is 0 Å². The molecule has 1 unspecified atom stereocenters. The molecule has 16 heavy (non-hydrogen) atoms. The molecule has 0 radical (unpaired) electrons. The van der Waals surface area contributed by atoms with E-state index < -0.39 is 5.97 Å². The molecule has 0 saturated heterocycles. The van der Waals surface area contributed by atoms with Crippen molar-refractivity contribution in [2.75, 3.05) is 0 Å². The van der Waals surface area contributed by atoms with Gasteiger partial charge in [0, 0.05) is 0 Å². The summed E-state index contributed by atoms with van der Waals surface area (Å²) in [7, 11) is 0. The largest absolute Gasteiger partial charge is 0.477 e. The van der Waals surface area contributed by atoms with Gasteiger partial charge in [0.1, 0.15) is 10.7 Å². The minimum Gasteiger partial charge on any atom is -0.477 e. The zero-order valence-electron chi connectivity index (χ0n) is 9.24. The van der Waals surface area contributed by atoms with Gasteiger partial charge in [-0.2, -0.15) is 0 Å². The number of carboxylic acid groups (broad SMARTS) is 1. The molecule has 0 saturated carbocycles. The lowest BCUT2D eigenvalue weighted by Gasteiger charge is -2.14. The van der Waals surface area contributed by atoms with Gasteiger partial charge in [0.2, 0.25) is 5.88 Å². The topological polar surface area (TPSA) is 59.4 Å². The molecule has 4 nitrogen and oxygen atoms in total. The van der Waals surface area contributed by atoms with E-state index in [1.165, 1.54) is 12.1 Å². The van der Waals surface area contributed by atoms with E-state index in [0.717, 1.165) is 12.8 Å². The van der Waals surface area contributed by atoms with Gasteiger partial charge in [0.25, 0.3) is 0 Å². The van der Waals surface area contributed by atoms with Crippen LogP contribution in [0.1, 0.15) is 37.0 Å². The second kappa shape index (κ2) is 5.70. The van der Waals surface area contributed by atoms with E-state index in [1.54, 1.807) is 0 Å². The highest BCUT2D eigenvalue weighted by Crippen LogP contribution is 2.20. The Balaban J connectivity index is 2.92. The Bertz CT molecular complexity index is 381. The average Bonchev–Trinajstić information content (AvgIpc) is 2.17. The predicted octanol–water partition coefficient (Wildman–Crippen LogP) is 3.00. The van der Waals surface area contributed by atoms with Crippen LogP contribution >= 0.6 is 11.6 Å². The molecule has 0 aliphatic rings. The smallest absolute Gasteiger partial charge is 0.341 e. The summed E-state index contributed by atoms with van der Waals surface area (Å²) in [6, 6.07) is 2.83. The van der Waals surface area contributed by atoms with Gasteiger partial charge in [-0.15, -0.1) is 0 Å². The van der Waals surface area contributed by atoms with Crippen LogP contribution in [0.3, 0.4) is 0 Å². The highest BCUT2D eigenvalue weighted by molar-refractivity contribution is 6.29. The molecule has 88 valence electrons. The first-order valence-corrected chi connectivity index (χ1v) is 5.49. The highest BCUT2D eigenvalue weighted by Gasteiger charge is 2.15. The van der Waals surface area contributed by atoms with Crippen LogP contribution in [0.2, 0.25) is 5.15 Å². The minimum atomic E-state index is -1.07. The van der Waals surface area contributed by atoms with Crippen LogP contribution in [-0.4, -0.2) is 22.2 Å². The lowest BCUT2D eigenvalue weighted by atomic mass is 10.2. The quantitative estimate of drug-likeness (QED) is 0.808. The Kier molecular flexibility index (Phi) is 4.55. The van der Waals surface area contributed by atoms with Gasteiger partial charge in [-0.3, -0.25) is 0 Å². The lowest BCUT2D eigenvalue weighted by molar-refractivity contribution is 0.0688. The van der Waals surface area contributed by atoms with Crippen molar-refractivity contribution in [3.8, 4) is 5.88 Å². The number of halogens is 1.